The van der Waals surface area contributed by atoms with Crippen molar-refractivity contribution >= 4 is 40.3 Å². The maximum absolute atomic E-state index is 14.4. The van der Waals surface area contributed by atoms with E-state index in [2.05, 4.69) is 59.4 Å². The Labute approximate surface area is 302 Å². The van der Waals surface area contributed by atoms with E-state index in [0.29, 0.717) is 23.8 Å². The molecule has 0 saturated heterocycles. The van der Waals surface area contributed by atoms with E-state index in [4.69, 9.17) is 4.98 Å². The van der Waals surface area contributed by atoms with Crippen molar-refractivity contribution in [2.45, 2.75) is 152 Å². The van der Waals surface area contributed by atoms with Crippen LogP contribution in [0.2, 0.25) is 0 Å². The zero-order valence-corrected chi connectivity index (χ0v) is 33.6. The number of unbranched alkanes of at least 4 members (excludes halogenated alkanes) is 3. The number of thiazole rings is 1. The molecule has 0 fully saturated rings. The van der Waals surface area contributed by atoms with Gasteiger partial charge in [0.2, 0.25) is 5.91 Å². The summed E-state index contributed by atoms with van der Waals surface area (Å²) in [7, 11) is 1.43. The molecule has 274 valence electrons. The maximum Gasteiger partial charge on any atom is 0.290 e. The second-order valence-corrected chi connectivity index (χ2v) is 16.8. The summed E-state index contributed by atoms with van der Waals surface area (Å²) in [5.74, 6) is -0.610. The zero-order chi connectivity index (χ0) is 37.1. The van der Waals surface area contributed by atoms with E-state index in [-0.39, 0.29) is 16.6 Å². The first kappa shape index (κ1) is 42.2. The van der Waals surface area contributed by atoms with Gasteiger partial charge in [-0.05, 0) is 49.2 Å². The number of hydrogen-bond donors (Lipinski definition) is 0. The first-order valence-corrected chi connectivity index (χ1v) is 19.6. The average Bonchev–Trinajstić information content (AvgIpc) is 3.48. The summed E-state index contributed by atoms with van der Waals surface area (Å²) in [4.78, 5) is 50.1. The van der Waals surface area contributed by atoms with E-state index in [1.54, 1.807) is 32.1 Å². The van der Waals surface area contributed by atoms with E-state index >= 15 is 0 Å². The third-order valence-electron chi connectivity index (χ3n) is 9.53. The molecular weight excluding hydrogens is 631 g/mol. The number of carbonyl (C=O) groups excluding carboxylic acids is 3. The van der Waals surface area contributed by atoms with Crippen LogP contribution in [0.1, 0.15) is 157 Å². The second-order valence-electron chi connectivity index (χ2n) is 15.8. The highest BCUT2D eigenvalue weighted by atomic mass is 32.1. The summed E-state index contributed by atoms with van der Waals surface area (Å²) in [5, 5.41) is 13.2. The number of anilines is 1. The molecule has 0 saturated carbocycles. The van der Waals surface area contributed by atoms with Crippen LogP contribution in [0.25, 0.3) is 6.08 Å². The van der Waals surface area contributed by atoms with Gasteiger partial charge < -0.3 is 4.90 Å². The first-order valence-electron chi connectivity index (χ1n) is 18.8. The SMILES string of the molecule is CCCCC1=C(C#N)C(=O)N(N(C)C(=O)C(C)(C)C)C(=O)/C1=C\c1sc(N(CC(CC)CCCC)CC(CC)CCCC)nc1C(C)(C)C. The van der Waals surface area contributed by atoms with E-state index in [1.165, 1.54) is 45.6 Å². The number of hydrogen-bond acceptors (Lipinski definition) is 7. The Morgan fingerprint density at radius 2 is 1.43 bits per heavy atom. The Hall–Kier alpha value is -2.99. The standard InChI is InChI=1S/C40H65N5O3S/c1-13-18-21-28(16-4)26-44(27-29(17-5)22-19-14-2)38-42-34(39(6,7)8)33(49-38)24-31-30(23-20-15-3)32(25-41)36(47)45(35(31)46)43(12)37(48)40(9,10)11/h24,28-29H,13-23,26-27H2,1-12H3/b31-24-. The van der Waals surface area contributed by atoms with Crippen LogP contribution in [0, 0.1) is 28.6 Å². The summed E-state index contributed by atoms with van der Waals surface area (Å²) >= 11 is 1.60. The highest BCUT2D eigenvalue weighted by molar-refractivity contribution is 7.16. The van der Waals surface area contributed by atoms with Gasteiger partial charge in [-0.25, -0.2) is 9.99 Å². The smallest absolute Gasteiger partial charge is 0.290 e. The number of rotatable bonds is 18. The highest BCUT2D eigenvalue weighted by Crippen LogP contribution is 2.40. The minimum atomic E-state index is -0.839. The fraction of sp³-hybridized carbons (Fsp3) is 0.725. The Balaban J connectivity index is 2.85. The number of aromatic nitrogens is 1. The normalized spacial score (nSPS) is 16.3. The molecule has 1 aliphatic heterocycles. The van der Waals surface area contributed by atoms with Crippen molar-refractivity contribution in [3.8, 4) is 6.07 Å². The van der Waals surface area contributed by atoms with Gasteiger partial charge in [-0.1, -0.05) is 132 Å². The van der Waals surface area contributed by atoms with Crippen molar-refractivity contribution in [3.05, 3.63) is 27.3 Å². The van der Waals surface area contributed by atoms with Crippen LogP contribution in [0.5, 0.6) is 0 Å². The predicted octanol–water partition coefficient (Wildman–Crippen LogP) is 9.86. The molecule has 0 N–H and O–H groups in total. The third-order valence-corrected chi connectivity index (χ3v) is 10.6. The zero-order valence-electron chi connectivity index (χ0n) is 32.8. The minimum Gasteiger partial charge on any atom is -0.348 e. The van der Waals surface area contributed by atoms with Crippen LogP contribution < -0.4 is 4.90 Å². The van der Waals surface area contributed by atoms with Gasteiger partial charge in [-0.15, -0.1) is 0 Å². The summed E-state index contributed by atoms with van der Waals surface area (Å²) in [6.45, 7) is 24.6. The average molecular weight is 696 g/mol. The van der Waals surface area contributed by atoms with Crippen LogP contribution in [-0.2, 0) is 19.8 Å². The van der Waals surface area contributed by atoms with Crippen LogP contribution in [0.15, 0.2) is 16.7 Å². The summed E-state index contributed by atoms with van der Waals surface area (Å²) in [5.41, 5.74) is 0.374. The second kappa shape index (κ2) is 18.8. The topological polar surface area (TPSA) is 97.6 Å². The van der Waals surface area contributed by atoms with Gasteiger partial charge >= 0.3 is 0 Å². The van der Waals surface area contributed by atoms with Gasteiger partial charge in [-0.2, -0.15) is 10.3 Å². The molecule has 2 heterocycles. The molecule has 2 unspecified atom stereocenters. The fourth-order valence-corrected chi connectivity index (χ4v) is 7.58. The van der Waals surface area contributed by atoms with Gasteiger partial charge in [0.1, 0.15) is 11.6 Å². The Morgan fingerprint density at radius 1 is 0.898 bits per heavy atom. The van der Waals surface area contributed by atoms with Gasteiger partial charge in [0.05, 0.1) is 10.6 Å². The first-order chi connectivity index (χ1) is 23.0. The molecule has 1 aromatic rings. The van der Waals surface area contributed by atoms with Gasteiger partial charge in [0.25, 0.3) is 11.8 Å². The number of imide groups is 1. The lowest BCUT2D eigenvalue weighted by Crippen LogP contribution is -2.56. The lowest BCUT2D eigenvalue weighted by molar-refractivity contribution is -0.171. The Morgan fingerprint density at radius 3 is 1.86 bits per heavy atom. The lowest BCUT2D eigenvalue weighted by atomic mass is 9.87. The monoisotopic (exact) mass is 695 g/mol. The van der Waals surface area contributed by atoms with Crippen LogP contribution in [0.3, 0.4) is 0 Å². The molecule has 0 spiro atoms. The number of carbonyl (C=O) groups is 3. The molecule has 2 atom stereocenters. The predicted molar refractivity (Wildman–Crippen MR) is 204 cm³/mol. The van der Waals surface area contributed by atoms with Gasteiger partial charge in [-0.3, -0.25) is 14.4 Å². The third kappa shape index (κ3) is 11.0. The molecule has 3 amide bonds. The quantitative estimate of drug-likeness (QED) is 0.112. The maximum atomic E-state index is 14.4. The largest absolute Gasteiger partial charge is 0.348 e. The summed E-state index contributed by atoms with van der Waals surface area (Å²) < 4.78 is 0. The van der Waals surface area contributed by atoms with Crippen molar-refractivity contribution in [2.75, 3.05) is 25.0 Å². The molecule has 1 aromatic heterocycles. The van der Waals surface area contributed by atoms with E-state index < -0.39 is 23.1 Å². The van der Waals surface area contributed by atoms with Gasteiger partial charge in [0, 0.05) is 36.5 Å². The summed E-state index contributed by atoms with van der Waals surface area (Å²) in [6.07, 6.45) is 13.2. The summed E-state index contributed by atoms with van der Waals surface area (Å²) in [6, 6.07) is 2.11. The lowest BCUT2D eigenvalue weighted by Gasteiger charge is -2.37. The molecule has 0 aromatic carbocycles. The number of nitriles is 1. The highest BCUT2D eigenvalue weighted by Gasteiger charge is 2.43. The molecule has 0 bridgehead atoms. The van der Waals surface area contributed by atoms with E-state index in [1.807, 2.05) is 13.0 Å². The van der Waals surface area contributed by atoms with Crippen LogP contribution in [0.4, 0.5) is 5.13 Å². The number of amides is 3. The Bertz CT molecular complexity index is 1370. The van der Waals surface area contributed by atoms with E-state index in [9.17, 15) is 19.6 Å². The molecular formula is C40H65N5O3S. The molecule has 2 rings (SSSR count). The van der Waals surface area contributed by atoms with Gasteiger partial charge in [0.15, 0.2) is 5.13 Å². The number of hydrazine groups is 1. The van der Waals surface area contributed by atoms with Crippen molar-refractivity contribution in [3.63, 3.8) is 0 Å². The van der Waals surface area contributed by atoms with Crippen LogP contribution in [-0.4, -0.2) is 52.9 Å². The number of nitrogens with zero attached hydrogens (tertiary/aromatic N) is 5. The van der Waals surface area contributed by atoms with Crippen molar-refractivity contribution < 1.29 is 14.4 Å². The van der Waals surface area contributed by atoms with Crippen molar-refractivity contribution in [2.24, 2.45) is 17.3 Å². The molecule has 0 radical (unpaired) electrons. The molecule has 49 heavy (non-hydrogen) atoms. The molecule has 0 aliphatic carbocycles. The molecule has 8 nitrogen and oxygen atoms in total. The molecule has 1 aliphatic rings. The fourth-order valence-electron chi connectivity index (χ4n) is 6.34. The Kier molecular flexibility index (Phi) is 16.2. The van der Waals surface area contributed by atoms with Crippen molar-refractivity contribution in [1.82, 2.24) is 15.0 Å². The molecule has 9 heteroatoms. The van der Waals surface area contributed by atoms with E-state index in [0.717, 1.165) is 64.5 Å². The van der Waals surface area contributed by atoms with Crippen LogP contribution >= 0.6 is 11.3 Å². The van der Waals surface area contributed by atoms with Crippen molar-refractivity contribution in [1.29, 1.82) is 5.26 Å². The minimum absolute atomic E-state index is 0.0834.